The second kappa shape index (κ2) is 5.99. The fourth-order valence-electron chi connectivity index (χ4n) is 3.32. The van der Waals surface area contributed by atoms with Crippen molar-refractivity contribution in [3.05, 3.63) is 57.8 Å². The average molecular weight is 330 g/mol. The fourth-order valence-corrected chi connectivity index (χ4v) is 4.46. The molecular weight excluding hydrogens is 312 g/mol. The molecule has 0 amide bonds. The van der Waals surface area contributed by atoms with Gasteiger partial charge in [0.1, 0.15) is 6.61 Å². The Kier molecular flexibility index (Phi) is 3.86. The molecule has 0 spiro atoms. The van der Waals surface area contributed by atoms with Crippen molar-refractivity contribution in [2.75, 3.05) is 26.4 Å². The molecule has 0 aliphatic carbocycles. The van der Waals surface area contributed by atoms with Gasteiger partial charge in [0.15, 0.2) is 0 Å². The summed E-state index contributed by atoms with van der Waals surface area (Å²) in [6.07, 6.45) is 1.12. The number of hydrogen-bond donors (Lipinski definition) is 0. The van der Waals surface area contributed by atoms with E-state index in [4.69, 9.17) is 17.0 Å². The number of nitrogens with zero attached hydrogens (tertiary/aromatic N) is 2. The molecule has 114 valence electrons. The van der Waals surface area contributed by atoms with Crippen LogP contribution in [-0.4, -0.2) is 41.3 Å². The van der Waals surface area contributed by atoms with E-state index in [1.807, 2.05) is 11.3 Å². The van der Waals surface area contributed by atoms with E-state index in [0.29, 0.717) is 17.8 Å². The Hall–Kier alpha value is -1.43. The minimum absolute atomic E-state index is 0.319. The first-order valence-electron chi connectivity index (χ1n) is 7.60. The molecule has 3 heterocycles. The summed E-state index contributed by atoms with van der Waals surface area (Å²) in [5, 5.41) is 2.86. The molecule has 0 unspecified atom stereocenters. The summed E-state index contributed by atoms with van der Waals surface area (Å²) >= 11 is 7.18. The average Bonchev–Trinajstić information content (AvgIpc) is 3.17. The van der Waals surface area contributed by atoms with Crippen LogP contribution in [0, 0.1) is 0 Å². The van der Waals surface area contributed by atoms with Gasteiger partial charge in [0.2, 0.25) is 0 Å². The molecule has 1 aromatic carbocycles. The highest BCUT2D eigenvalue weighted by molar-refractivity contribution is 7.80. The van der Waals surface area contributed by atoms with Crippen molar-refractivity contribution in [3.63, 3.8) is 0 Å². The molecule has 0 saturated carbocycles. The molecule has 0 bridgehead atoms. The predicted octanol–water partition coefficient (Wildman–Crippen LogP) is 3.27. The highest BCUT2D eigenvalue weighted by Crippen LogP contribution is 2.37. The normalized spacial score (nSPS) is 21.7. The van der Waals surface area contributed by atoms with E-state index in [1.165, 1.54) is 16.0 Å². The maximum absolute atomic E-state index is 5.44. The number of thiophene rings is 1. The molecule has 1 aromatic heterocycles. The number of fused-ring (bicyclic) bond motifs is 1. The lowest BCUT2D eigenvalue weighted by Gasteiger charge is -2.38. The summed E-state index contributed by atoms with van der Waals surface area (Å²) in [5.74, 6) is 0. The lowest BCUT2D eigenvalue weighted by molar-refractivity contribution is 0.152. The zero-order valence-corrected chi connectivity index (χ0v) is 13.9. The van der Waals surface area contributed by atoms with E-state index in [2.05, 4.69) is 51.6 Å². The third-order valence-corrected chi connectivity index (χ3v) is 5.75. The van der Waals surface area contributed by atoms with Gasteiger partial charge >= 0.3 is 0 Å². The number of benzene rings is 1. The SMILES string of the molecule is S=C1OCCN1CN1CCc2sccc2[C@@H]1c1ccccc1. The minimum atomic E-state index is 0.319. The Morgan fingerprint density at radius 1 is 1.18 bits per heavy atom. The Morgan fingerprint density at radius 3 is 2.82 bits per heavy atom. The van der Waals surface area contributed by atoms with Gasteiger partial charge in [-0.2, -0.15) is 0 Å². The van der Waals surface area contributed by atoms with Crippen LogP contribution in [0.1, 0.15) is 22.0 Å². The molecule has 4 rings (SSSR count). The standard InChI is InChI=1S/C17H18N2OS2/c21-17-19(9-10-20-17)12-18-8-6-15-14(7-11-22-15)16(18)13-4-2-1-3-5-13/h1-5,7,11,16H,6,8-10,12H2/t16-/m0/s1. The van der Waals surface area contributed by atoms with Gasteiger partial charge < -0.3 is 9.64 Å². The Bertz CT molecular complexity index is 670. The summed E-state index contributed by atoms with van der Waals surface area (Å²) < 4.78 is 5.44. The van der Waals surface area contributed by atoms with Crippen LogP contribution in [0.5, 0.6) is 0 Å². The minimum Gasteiger partial charge on any atom is -0.469 e. The molecule has 2 aliphatic rings. The Labute approximate surface area is 140 Å². The zero-order valence-electron chi connectivity index (χ0n) is 12.3. The molecule has 2 aromatic rings. The van der Waals surface area contributed by atoms with Gasteiger partial charge in [-0.25, -0.2) is 0 Å². The van der Waals surface area contributed by atoms with Crippen LogP contribution in [0.4, 0.5) is 0 Å². The van der Waals surface area contributed by atoms with Crippen LogP contribution in [0.2, 0.25) is 0 Å². The van der Waals surface area contributed by atoms with Gasteiger partial charge in [-0.05, 0) is 41.2 Å². The molecule has 3 nitrogen and oxygen atoms in total. The first-order valence-corrected chi connectivity index (χ1v) is 8.88. The van der Waals surface area contributed by atoms with Crippen LogP contribution >= 0.6 is 23.6 Å². The van der Waals surface area contributed by atoms with Crippen molar-refractivity contribution >= 4 is 28.7 Å². The monoisotopic (exact) mass is 330 g/mol. The largest absolute Gasteiger partial charge is 0.469 e. The van der Waals surface area contributed by atoms with Gasteiger partial charge in [-0.15, -0.1) is 11.3 Å². The Morgan fingerprint density at radius 2 is 2.05 bits per heavy atom. The summed E-state index contributed by atoms with van der Waals surface area (Å²) in [7, 11) is 0. The second-order valence-electron chi connectivity index (χ2n) is 5.69. The maximum atomic E-state index is 5.44. The van der Waals surface area contributed by atoms with E-state index in [-0.39, 0.29) is 0 Å². The summed E-state index contributed by atoms with van der Waals surface area (Å²) in [6.45, 7) is 3.51. The Balaban J connectivity index is 1.66. The van der Waals surface area contributed by atoms with E-state index in [1.54, 1.807) is 0 Å². The van der Waals surface area contributed by atoms with Crippen molar-refractivity contribution < 1.29 is 4.74 Å². The second-order valence-corrected chi connectivity index (χ2v) is 7.04. The number of ether oxygens (including phenoxy) is 1. The van der Waals surface area contributed by atoms with Crippen molar-refractivity contribution in [2.24, 2.45) is 0 Å². The first-order chi connectivity index (χ1) is 10.8. The van der Waals surface area contributed by atoms with Gasteiger partial charge in [-0.1, -0.05) is 30.3 Å². The lowest BCUT2D eigenvalue weighted by atomic mass is 9.94. The third kappa shape index (κ3) is 2.53. The van der Waals surface area contributed by atoms with Crippen molar-refractivity contribution in [2.45, 2.75) is 12.5 Å². The number of hydrogen-bond acceptors (Lipinski definition) is 4. The topological polar surface area (TPSA) is 15.7 Å². The van der Waals surface area contributed by atoms with E-state index in [9.17, 15) is 0 Å². The lowest BCUT2D eigenvalue weighted by Crippen LogP contribution is -2.43. The molecular formula is C17H18N2OS2. The molecule has 5 heteroatoms. The van der Waals surface area contributed by atoms with E-state index >= 15 is 0 Å². The van der Waals surface area contributed by atoms with Crippen molar-refractivity contribution in [1.82, 2.24) is 9.80 Å². The van der Waals surface area contributed by atoms with Gasteiger partial charge in [0, 0.05) is 11.4 Å². The summed E-state index contributed by atoms with van der Waals surface area (Å²) in [4.78, 5) is 6.21. The summed E-state index contributed by atoms with van der Waals surface area (Å²) in [5.41, 5.74) is 2.81. The smallest absolute Gasteiger partial charge is 0.260 e. The first kappa shape index (κ1) is 14.2. The maximum Gasteiger partial charge on any atom is 0.260 e. The predicted molar refractivity (Wildman–Crippen MR) is 93.1 cm³/mol. The highest BCUT2D eigenvalue weighted by Gasteiger charge is 2.32. The zero-order chi connectivity index (χ0) is 14.9. The van der Waals surface area contributed by atoms with Gasteiger partial charge in [0.05, 0.1) is 19.3 Å². The van der Waals surface area contributed by atoms with Gasteiger partial charge in [-0.3, -0.25) is 4.90 Å². The van der Waals surface area contributed by atoms with Crippen LogP contribution in [-0.2, 0) is 11.2 Å². The van der Waals surface area contributed by atoms with E-state index < -0.39 is 0 Å². The quantitative estimate of drug-likeness (QED) is 0.802. The van der Waals surface area contributed by atoms with Crippen molar-refractivity contribution in [3.8, 4) is 0 Å². The summed E-state index contributed by atoms with van der Waals surface area (Å²) in [6, 6.07) is 13.4. The molecule has 1 fully saturated rings. The highest BCUT2D eigenvalue weighted by atomic mass is 32.1. The van der Waals surface area contributed by atoms with Crippen LogP contribution in [0.25, 0.3) is 0 Å². The van der Waals surface area contributed by atoms with Crippen molar-refractivity contribution in [1.29, 1.82) is 0 Å². The molecule has 0 N–H and O–H groups in total. The van der Waals surface area contributed by atoms with E-state index in [0.717, 1.165) is 26.2 Å². The number of thiocarbonyl (C=S) groups is 1. The van der Waals surface area contributed by atoms with Crippen LogP contribution in [0.15, 0.2) is 41.8 Å². The molecule has 0 radical (unpaired) electrons. The fraction of sp³-hybridized carbons (Fsp3) is 0.353. The number of rotatable bonds is 3. The molecule has 1 atom stereocenters. The van der Waals surface area contributed by atoms with Gasteiger partial charge in [0.25, 0.3) is 5.17 Å². The molecule has 1 saturated heterocycles. The van der Waals surface area contributed by atoms with Crippen LogP contribution in [0.3, 0.4) is 0 Å². The molecule has 22 heavy (non-hydrogen) atoms. The molecule has 2 aliphatic heterocycles. The third-order valence-electron chi connectivity index (χ3n) is 4.38. The van der Waals surface area contributed by atoms with Crippen LogP contribution < -0.4 is 0 Å².